The van der Waals surface area contributed by atoms with Crippen molar-refractivity contribution in [2.45, 2.75) is 45.1 Å². The minimum atomic E-state index is -0.187. The van der Waals surface area contributed by atoms with Crippen LogP contribution in [0.25, 0.3) is 0 Å². The van der Waals surface area contributed by atoms with Gasteiger partial charge in [0.05, 0.1) is 0 Å². The lowest BCUT2D eigenvalue weighted by atomic mass is 9.99. The predicted octanol–water partition coefficient (Wildman–Crippen LogP) is 2.25. The summed E-state index contributed by atoms with van der Waals surface area (Å²) in [5.74, 6) is -0.260. The Labute approximate surface area is 143 Å². The van der Waals surface area contributed by atoms with Crippen LogP contribution in [0.3, 0.4) is 0 Å². The molecule has 1 fully saturated rings. The summed E-state index contributed by atoms with van der Waals surface area (Å²) in [6, 6.07) is 3.50. The van der Waals surface area contributed by atoms with E-state index in [9.17, 15) is 9.59 Å². The van der Waals surface area contributed by atoms with Gasteiger partial charge >= 0.3 is 0 Å². The van der Waals surface area contributed by atoms with Gasteiger partial charge in [-0.2, -0.15) is 0 Å². The number of nitrogens with one attached hydrogen (secondary N) is 1. The molecular formula is C18H27N3O3. The highest BCUT2D eigenvalue weighted by Gasteiger charge is 2.27. The van der Waals surface area contributed by atoms with Gasteiger partial charge in [0, 0.05) is 44.6 Å². The SMILES string of the molecule is CCC1CCCCN1C(=O)c1cc(C(=O)NCCCOC)ccn1. The molecule has 0 aromatic carbocycles. The Morgan fingerprint density at radius 1 is 1.42 bits per heavy atom. The van der Waals surface area contributed by atoms with E-state index in [1.165, 1.54) is 12.6 Å². The fraction of sp³-hybridized carbons (Fsp3) is 0.611. The van der Waals surface area contributed by atoms with Crippen molar-refractivity contribution in [2.24, 2.45) is 0 Å². The number of methoxy groups -OCH3 is 1. The molecule has 2 heterocycles. The Hall–Kier alpha value is -1.95. The second-order valence-corrected chi connectivity index (χ2v) is 6.09. The lowest BCUT2D eigenvalue weighted by Crippen LogP contribution is -2.43. The second-order valence-electron chi connectivity index (χ2n) is 6.09. The van der Waals surface area contributed by atoms with Crippen LogP contribution in [0.5, 0.6) is 0 Å². The molecule has 1 aromatic rings. The van der Waals surface area contributed by atoms with E-state index in [1.807, 2.05) is 4.90 Å². The van der Waals surface area contributed by atoms with Crippen LogP contribution in [0.4, 0.5) is 0 Å². The zero-order chi connectivity index (χ0) is 17.4. The maximum absolute atomic E-state index is 12.8. The maximum atomic E-state index is 12.8. The number of hydrogen-bond acceptors (Lipinski definition) is 4. The zero-order valence-corrected chi connectivity index (χ0v) is 14.6. The van der Waals surface area contributed by atoms with Crippen molar-refractivity contribution in [3.05, 3.63) is 29.6 Å². The minimum absolute atomic E-state index is 0.0735. The van der Waals surface area contributed by atoms with E-state index < -0.39 is 0 Å². The lowest BCUT2D eigenvalue weighted by molar-refractivity contribution is 0.0602. The maximum Gasteiger partial charge on any atom is 0.272 e. The number of nitrogens with zero attached hydrogens (tertiary/aromatic N) is 2. The third kappa shape index (κ3) is 4.77. The summed E-state index contributed by atoms with van der Waals surface area (Å²) in [6.07, 6.45) is 6.47. The molecular weight excluding hydrogens is 306 g/mol. The van der Waals surface area contributed by atoms with Gasteiger partial charge in [0.25, 0.3) is 11.8 Å². The van der Waals surface area contributed by atoms with Crippen molar-refractivity contribution >= 4 is 11.8 Å². The monoisotopic (exact) mass is 333 g/mol. The van der Waals surface area contributed by atoms with Gasteiger partial charge in [-0.05, 0) is 44.2 Å². The lowest BCUT2D eigenvalue weighted by Gasteiger charge is -2.35. The van der Waals surface area contributed by atoms with Crippen LogP contribution >= 0.6 is 0 Å². The van der Waals surface area contributed by atoms with Crippen LogP contribution in [0.1, 0.15) is 59.9 Å². The van der Waals surface area contributed by atoms with Crippen molar-refractivity contribution < 1.29 is 14.3 Å². The van der Waals surface area contributed by atoms with E-state index in [2.05, 4.69) is 17.2 Å². The van der Waals surface area contributed by atoms with E-state index in [-0.39, 0.29) is 17.9 Å². The number of piperidine rings is 1. The smallest absolute Gasteiger partial charge is 0.272 e. The van der Waals surface area contributed by atoms with Crippen molar-refractivity contribution in [1.82, 2.24) is 15.2 Å². The molecule has 0 spiro atoms. The molecule has 6 nitrogen and oxygen atoms in total. The Balaban J connectivity index is 2.03. The van der Waals surface area contributed by atoms with Crippen molar-refractivity contribution in [1.29, 1.82) is 0 Å². The summed E-state index contributed by atoms with van der Waals surface area (Å²) < 4.78 is 4.96. The highest BCUT2D eigenvalue weighted by atomic mass is 16.5. The zero-order valence-electron chi connectivity index (χ0n) is 14.6. The molecule has 2 rings (SSSR count). The molecule has 1 unspecified atom stereocenters. The van der Waals surface area contributed by atoms with Gasteiger partial charge in [0.2, 0.25) is 0 Å². The molecule has 6 heteroatoms. The summed E-state index contributed by atoms with van der Waals surface area (Å²) in [5.41, 5.74) is 0.815. The normalized spacial score (nSPS) is 17.6. The van der Waals surface area contributed by atoms with E-state index in [4.69, 9.17) is 4.74 Å². The first-order valence-corrected chi connectivity index (χ1v) is 8.71. The average Bonchev–Trinajstić information content (AvgIpc) is 2.64. The Morgan fingerprint density at radius 3 is 3.00 bits per heavy atom. The molecule has 2 amide bonds. The van der Waals surface area contributed by atoms with E-state index in [1.54, 1.807) is 19.2 Å². The number of pyridine rings is 1. The molecule has 1 aromatic heterocycles. The highest BCUT2D eigenvalue weighted by Crippen LogP contribution is 2.21. The number of likely N-dealkylation sites (tertiary alicyclic amines) is 1. The fourth-order valence-corrected chi connectivity index (χ4v) is 3.05. The largest absolute Gasteiger partial charge is 0.385 e. The minimum Gasteiger partial charge on any atom is -0.385 e. The molecule has 1 atom stereocenters. The molecule has 24 heavy (non-hydrogen) atoms. The van der Waals surface area contributed by atoms with E-state index >= 15 is 0 Å². The van der Waals surface area contributed by atoms with Crippen LogP contribution in [0, 0.1) is 0 Å². The van der Waals surface area contributed by atoms with Crippen LogP contribution in [-0.2, 0) is 4.74 Å². The third-order valence-electron chi connectivity index (χ3n) is 4.41. The number of aromatic nitrogens is 1. The van der Waals surface area contributed by atoms with Gasteiger partial charge in [-0.3, -0.25) is 14.6 Å². The number of carbonyl (C=O) groups excluding carboxylic acids is 2. The fourth-order valence-electron chi connectivity index (χ4n) is 3.05. The highest BCUT2D eigenvalue weighted by molar-refractivity contribution is 5.98. The quantitative estimate of drug-likeness (QED) is 0.777. The number of amides is 2. The Bertz CT molecular complexity index is 562. The summed E-state index contributed by atoms with van der Waals surface area (Å²) in [4.78, 5) is 31.0. The molecule has 1 aliphatic heterocycles. The third-order valence-corrected chi connectivity index (χ3v) is 4.41. The van der Waals surface area contributed by atoms with Gasteiger partial charge < -0.3 is 15.0 Å². The second kappa shape index (κ2) is 9.37. The van der Waals surface area contributed by atoms with Crippen LogP contribution < -0.4 is 5.32 Å². The predicted molar refractivity (Wildman–Crippen MR) is 92.0 cm³/mol. The molecule has 0 bridgehead atoms. The van der Waals surface area contributed by atoms with E-state index in [0.717, 1.165) is 32.2 Å². The standard InChI is InChI=1S/C18H27N3O3/c1-3-15-7-4-5-11-21(15)18(23)16-13-14(8-10-19-16)17(22)20-9-6-12-24-2/h8,10,13,15H,3-7,9,11-12H2,1-2H3,(H,20,22). The first-order valence-electron chi connectivity index (χ1n) is 8.71. The molecule has 0 aliphatic carbocycles. The number of ether oxygens (including phenoxy) is 1. The Morgan fingerprint density at radius 2 is 2.25 bits per heavy atom. The van der Waals surface area contributed by atoms with Crippen LogP contribution in [-0.4, -0.2) is 54.5 Å². The topological polar surface area (TPSA) is 71.5 Å². The summed E-state index contributed by atoms with van der Waals surface area (Å²) in [6.45, 7) is 4.02. The van der Waals surface area contributed by atoms with Crippen LogP contribution in [0.2, 0.25) is 0 Å². The van der Waals surface area contributed by atoms with Gasteiger partial charge in [0.15, 0.2) is 0 Å². The number of carbonyl (C=O) groups is 2. The molecule has 1 aliphatic rings. The van der Waals surface area contributed by atoms with Gasteiger partial charge in [0.1, 0.15) is 5.69 Å². The molecule has 1 saturated heterocycles. The molecule has 0 radical (unpaired) electrons. The van der Waals surface area contributed by atoms with Crippen molar-refractivity contribution in [2.75, 3.05) is 26.8 Å². The van der Waals surface area contributed by atoms with Gasteiger partial charge in [-0.15, -0.1) is 0 Å². The van der Waals surface area contributed by atoms with Crippen molar-refractivity contribution in [3.63, 3.8) is 0 Å². The molecule has 132 valence electrons. The van der Waals surface area contributed by atoms with Crippen molar-refractivity contribution in [3.8, 4) is 0 Å². The Kier molecular flexibility index (Phi) is 7.18. The van der Waals surface area contributed by atoms with E-state index in [0.29, 0.717) is 24.4 Å². The van der Waals surface area contributed by atoms with Crippen LogP contribution in [0.15, 0.2) is 18.3 Å². The van der Waals surface area contributed by atoms with Gasteiger partial charge in [-0.1, -0.05) is 6.92 Å². The summed E-state index contributed by atoms with van der Waals surface area (Å²) in [5, 5.41) is 2.83. The average molecular weight is 333 g/mol. The molecule has 1 N–H and O–H groups in total. The first kappa shape index (κ1) is 18.4. The number of hydrogen-bond donors (Lipinski definition) is 1. The van der Waals surface area contributed by atoms with Gasteiger partial charge in [-0.25, -0.2) is 0 Å². The first-order chi connectivity index (χ1) is 11.7. The summed E-state index contributed by atoms with van der Waals surface area (Å²) in [7, 11) is 1.63. The number of rotatable bonds is 7. The molecule has 0 saturated carbocycles. The summed E-state index contributed by atoms with van der Waals surface area (Å²) >= 11 is 0.